The summed E-state index contributed by atoms with van der Waals surface area (Å²) in [4.78, 5) is 50.1. The zero-order chi connectivity index (χ0) is 22.4. The Balaban J connectivity index is 1.48. The highest BCUT2D eigenvalue weighted by atomic mass is 16.5. The molecule has 1 fully saturated rings. The van der Waals surface area contributed by atoms with Gasteiger partial charge in [0, 0.05) is 31.3 Å². The van der Waals surface area contributed by atoms with Gasteiger partial charge in [0.1, 0.15) is 0 Å². The molecule has 1 aliphatic rings. The van der Waals surface area contributed by atoms with Crippen molar-refractivity contribution in [2.24, 2.45) is 5.92 Å². The van der Waals surface area contributed by atoms with E-state index in [2.05, 4.69) is 10.6 Å². The zero-order valence-corrected chi connectivity index (χ0v) is 17.5. The number of rotatable bonds is 7. The molecule has 0 bridgehead atoms. The number of hydrogen-bond donors (Lipinski definition) is 2. The highest BCUT2D eigenvalue weighted by Crippen LogP contribution is 2.29. The standard InChI is InChI=1S/C23H25N3O5/c1-15(16-6-4-3-5-7-16)26-13-18(12-21(26)28)23(30)31-14-20(27)25-19-10-8-17(9-11-19)22(29)24-2/h3-11,15,18H,12-14H2,1-2H3,(H,24,29)(H,25,27)/t15-,18-/m0/s1. The SMILES string of the molecule is CNC(=O)c1ccc(NC(=O)COC(=O)[C@H]2CC(=O)N([C@@H](C)c3ccccc3)C2)cc1. The quantitative estimate of drug-likeness (QED) is 0.664. The second-order valence-electron chi connectivity index (χ2n) is 7.35. The van der Waals surface area contributed by atoms with Gasteiger partial charge in [0.05, 0.1) is 12.0 Å². The lowest BCUT2D eigenvalue weighted by atomic mass is 10.1. The zero-order valence-electron chi connectivity index (χ0n) is 17.5. The van der Waals surface area contributed by atoms with E-state index in [1.807, 2.05) is 37.3 Å². The molecule has 1 saturated heterocycles. The first-order chi connectivity index (χ1) is 14.9. The van der Waals surface area contributed by atoms with Gasteiger partial charge in [0.25, 0.3) is 11.8 Å². The topological polar surface area (TPSA) is 105 Å². The van der Waals surface area contributed by atoms with E-state index in [1.54, 1.807) is 29.2 Å². The minimum Gasteiger partial charge on any atom is -0.455 e. The Morgan fingerprint density at radius 1 is 1.10 bits per heavy atom. The lowest BCUT2D eigenvalue weighted by Crippen LogP contribution is -2.30. The minimum atomic E-state index is -0.599. The summed E-state index contributed by atoms with van der Waals surface area (Å²) in [7, 11) is 1.53. The van der Waals surface area contributed by atoms with Crippen LogP contribution in [0.25, 0.3) is 0 Å². The fourth-order valence-electron chi connectivity index (χ4n) is 3.48. The van der Waals surface area contributed by atoms with Gasteiger partial charge < -0.3 is 20.3 Å². The van der Waals surface area contributed by atoms with Crippen molar-refractivity contribution < 1.29 is 23.9 Å². The molecule has 0 radical (unpaired) electrons. The third-order valence-corrected chi connectivity index (χ3v) is 5.24. The van der Waals surface area contributed by atoms with Crippen LogP contribution in [0.4, 0.5) is 5.69 Å². The molecule has 2 aromatic rings. The van der Waals surface area contributed by atoms with E-state index < -0.39 is 24.4 Å². The molecule has 0 aromatic heterocycles. The van der Waals surface area contributed by atoms with Crippen LogP contribution >= 0.6 is 0 Å². The van der Waals surface area contributed by atoms with Crippen molar-refractivity contribution in [2.75, 3.05) is 25.5 Å². The van der Waals surface area contributed by atoms with Gasteiger partial charge in [-0.1, -0.05) is 30.3 Å². The summed E-state index contributed by atoms with van der Waals surface area (Å²) >= 11 is 0. The number of esters is 1. The van der Waals surface area contributed by atoms with Crippen molar-refractivity contribution in [3.8, 4) is 0 Å². The normalized spacial score (nSPS) is 16.5. The lowest BCUT2D eigenvalue weighted by molar-refractivity contribution is -0.151. The average Bonchev–Trinajstić information content (AvgIpc) is 3.19. The summed E-state index contributed by atoms with van der Waals surface area (Å²) < 4.78 is 5.13. The van der Waals surface area contributed by atoms with Gasteiger partial charge in [-0.2, -0.15) is 0 Å². The van der Waals surface area contributed by atoms with Crippen molar-refractivity contribution in [2.45, 2.75) is 19.4 Å². The second kappa shape index (κ2) is 9.88. The van der Waals surface area contributed by atoms with Crippen molar-refractivity contribution >= 4 is 29.4 Å². The van der Waals surface area contributed by atoms with Crippen LogP contribution < -0.4 is 10.6 Å². The van der Waals surface area contributed by atoms with Gasteiger partial charge in [-0.25, -0.2) is 0 Å². The number of ether oxygens (including phenoxy) is 1. The van der Waals surface area contributed by atoms with Gasteiger partial charge in [0.15, 0.2) is 6.61 Å². The van der Waals surface area contributed by atoms with E-state index in [1.165, 1.54) is 7.05 Å². The van der Waals surface area contributed by atoms with E-state index in [-0.39, 0.29) is 30.8 Å². The molecule has 8 nitrogen and oxygen atoms in total. The minimum absolute atomic E-state index is 0.0680. The van der Waals surface area contributed by atoms with Gasteiger partial charge in [-0.05, 0) is 36.8 Å². The van der Waals surface area contributed by atoms with Crippen LogP contribution in [0.1, 0.15) is 35.3 Å². The fourth-order valence-corrected chi connectivity index (χ4v) is 3.48. The molecular formula is C23H25N3O5. The summed E-state index contributed by atoms with van der Waals surface area (Å²) in [6.45, 7) is 1.73. The molecule has 2 aromatic carbocycles. The predicted molar refractivity (Wildman–Crippen MR) is 114 cm³/mol. The van der Waals surface area contributed by atoms with Crippen LogP contribution in [-0.2, 0) is 19.1 Å². The largest absolute Gasteiger partial charge is 0.455 e. The van der Waals surface area contributed by atoms with E-state index >= 15 is 0 Å². The molecule has 0 unspecified atom stereocenters. The third-order valence-electron chi connectivity index (χ3n) is 5.24. The number of hydrogen-bond acceptors (Lipinski definition) is 5. The summed E-state index contributed by atoms with van der Waals surface area (Å²) in [6, 6.07) is 15.8. The number of carbonyl (C=O) groups is 4. The molecule has 0 spiro atoms. The molecule has 0 aliphatic carbocycles. The number of benzene rings is 2. The van der Waals surface area contributed by atoms with Crippen molar-refractivity contribution in [3.05, 3.63) is 65.7 Å². The highest BCUT2D eigenvalue weighted by Gasteiger charge is 2.38. The first kappa shape index (κ1) is 22.0. The van der Waals surface area contributed by atoms with Crippen LogP contribution in [0.15, 0.2) is 54.6 Å². The number of anilines is 1. The molecule has 0 saturated carbocycles. The van der Waals surface area contributed by atoms with E-state index in [9.17, 15) is 19.2 Å². The Kier molecular flexibility index (Phi) is 7.02. The molecule has 2 N–H and O–H groups in total. The molecular weight excluding hydrogens is 398 g/mol. The Labute approximate surface area is 180 Å². The molecule has 3 amide bonds. The van der Waals surface area contributed by atoms with E-state index in [4.69, 9.17) is 4.74 Å². The first-order valence-electron chi connectivity index (χ1n) is 10.0. The van der Waals surface area contributed by atoms with Crippen molar-refractivity contribution in [3.63, 3.8) is 0 Å². The smallest absolute Gasteiger partial charge is 0.311 e. The molecule has 2 atom stereocenters. The highest BCUT2D eigenvalue weighted by molar-refractivity contribution is 5.96. The number of amides is 3. The van der Waals surface area contributed by atoms with Crippen LogP contribution in [-0.4, -0.2) is 48.8 Å². The maximum Gasteiger partial charge on any atom is 0.311 e. The third kappa shape index (κ3) is 5.48. The number of nitrogens with zero attached hydrogens (tertiary/aromatic N) is 1. The summed E-state index contributed by atoms with van der Waals surface area (Å²) in [5.74, 6) is -2.01. The summed E-state index contributed by atoms with van der Waals surface area (Å²) in [5, 5.41) is 5.12. The number of nitrogens with one attached hydrogen (secondary N) is 2. The van der Waals surface area contributed by atoms with Crippen LogP contribution in [0.5, 0.6) is 0 Å². The van der Waals surface area contributed by atoms with E-state index in [0.717, 1.165) is 5.56 Å². The second-order valence-corrected chi connectivity index (χ2v) is 7.35. The predicted octanol–water partition coefficient (Wildman–Crippen LogP) is 2.14. The maximum atomic E-state index is 12.4. The number of carbonyl (C=O) groups excluding carboxylic acids is 4. The molecule has 1 aliphatic heterocycles. The summed E-state index contributed by atoms with van der Waals surface area (Å²) in [6.07, 6.45) is 0.0680. The molecule has 8 heteroatoms. The van der Waals surface area contributed by atoms with Crippen LogP contribution in [0.3, 0.4) is 0 Å². The van der Waals surface area contributed by atoms with Gasteiger partial charge in [-0.15, -0.1) is 0 Å². The van der Waals surface area contributed by atoms with E-state index in [0.29, 0.717) is 11.3 Å². The maximum absolute atomic E-state index is 12.4. The van der Waals surface area contributed by atoms with Crippen molar-refractivity contribution in [1.29, 1.82) is 0 Å². The average molecular weight is 423 g/mol. The molecule has 31 heavy (non-hydrogen) atoms. The molecule has 1 heterocycles. The molecule has 3 rings (SSSR count). The summed E-state index contributed by atoms with van der Waals surface area (Å²) in [5.41, 5.74) is 1.94. The Bertz CT molecular complexity index is 959. The van der Waals surface area contributed by atoms with Gasteiger partial charge >= 0.3 is 5.97 Å². The van der Waals surface area contributed by atoms with Crippen LogP contribution in [0.2, 0.25) is 0 Å². The van der Waals surface area contributed by atoms with Gasteiger partial charge in [0.2, 0.25) is 5.91 Å². The Morgan fingerprint density at radius 2 is 1.77 bits per heavy atom. The van der Waals surface area contributed by atoms with Crippen LogP contribution in [0, 0.1) is 5.92 Å². The van der Waals surface area contributed by atoms with Gasteiger partial charge in [-0.3, -0.25) is 19.2 Å². The number of likely N-dealkylation sites (tertiary alicyclic amines) is 1. The Hall–Kier alpha value is -3.68. The molecule has 162 valence electrons. The monoisotopic (exact) mass is 423 g/mol. The van der Waals surface area contributed by atoms with Crippen molar-refractivity contribution in [1.82, 2.24) is 10.2 Å². The Morgan fingerprint density at radius 3 is 2.42 bits per heavy atom. The fraction of sp³-hybridized carbons (Fsp3) is 0.304. The first-order valence-corrected chi connectivity index (χ1v) is 10.0. The lowest BCUT2D eigenvalue weighted by Gasteiger charge is -2.25.